The number of benzene rings is 11. The fraction of sp³-hybridized carbons (Fsp3) is 0.0169. The van der Waals surface area contributed by atoms with Gasteiger partial charge in [0.25, 0.3) is 0 Å². The van der Waals surface area contributed by atoms with Crippen molar-refractivity contribution in [2.45, 2.75) is 6.54 Å². The molecule has 0 aliphatic rings. The molecule has 0 spiro atoms. The van der Waals surface area contributed by atoms with Gasteiger partial charge in [0.05, 0.1) is 0 Å². The molecule has 0 unspecified atom stereocenters. The molecule has 0 aliphatic carbocycles. The summed E-state index contributed by atoms with van der Waals surface area (Å²) in [6, 6.07) is 81.5. The fourth-order valence-corrected chi connectivity index (χ4v) is 9.39. The van der Waals surface area contributed by atoms with Crippen molar-refractivity contribution in [2.75, 3.05) is 4.90 Å². The van der Waals surface area contributed by atoms with Crippen LogP contribution in [-0.4, -0.2) is 0 Å². The lowest BCUT2D eigenvalue weighted by atomic mass is 9.96. The molecule has 2 nitrogen and oxygen atoms in total. The first-order valence-corrected chi connectivity index (χ1v) is 21.0. The highest BCUT2D eigenvalue weighted by molar-refractivity contribution is 6.17. The van der Waals surface area contributed by atoms with Crippen LogP contribution in [0.1, 0.15) is 5.56 Å². The minimum atomic E-state index is 0.660. The van der Waals surface area contributed by atoms with E-state index in [1.165, 1.54) is 65.5 Å². The summed E-state index contributed by atoms with van der Waals surface area (Å²) >= 11 is 0. The van der Waals surface area contributed by atoms with Crippen LogP contribution in [-0.2, 0) is 6.54 Å². The van der Waals surface area contributed by atoms with Crippen molar-refractivity contribution >= 4 is 76.4 Å². The Morgan fingerprint density at radius 2 is 0.770 bits per heavy atom. The number of furan rings is 1. The van der Waals surface area contributed by atoms with Gasteiger partial charge in [-0.25, -0.2) is 0 Å². The van der Waals surface area contributed by atoms with Gasteiger partial charge in [-0.15, -0.1) is 0 Å². The summed E-state index contributed by atoms with van der Waals surface area (Å²) in [4.78, 5) is 2.44. The van der Waals surface area contributed by atoms with Gasteiger partial charge in [0, 0.05) is 39.6 Å². The van der Waals surface area contributed by atoms with Crippen LogP contribution in [0.25, 0.3) is 98.4 Å². The molecule has 0 fully saturated rings. The van der Waals surface area contributed by atoms with Crippen LogP contribution in [0, 0.1) is 0 Å². The van der Waals surface area contributed by atoms with Gasteiger partial charge in [-0.3, -0.25) is 0 Å². The first kappa shape index (κ1) is 35.0. The monoisotopic (exact) mass is 777 g/mol. The number of rotatable bonds is 7. The Bertz CT molecular complexity index is 3620. The molecule has 2 heteroatoms. The van der Waals surface area contributed by atoms with Crippen molar-refractivity contribution in [1.29, 1.82) is 0 Å². The van der Waals surface area contributed by atoms with Crippen molar-refractivity contribution in [2.24, 2.45) is 0 Å². The van der Waals surface area contributed by atoms with Crippen LogP contribution in [0.5, 0.6) is 0 Å². The maximum atomic E-state index is 6.85. The van der Waals surface area contributed by atoms with Crippen molar-refractivity contribution < 1.29 is 4.42 Å². The van der Waals surface area contributed by atoms with E-state index in [0.29, 0.717) is 6.54 Å². The Morgan fingerprint density at radius 1 is 0.295 bits per heavy atom. The number of anilines is 2. The molecule has 61 heavy (non-hydrogen) atoms. The first-order chi connectivity index (χ1) is 30.2. The van der Waals surface area contributed by atoms with Crippen molar-refractivity contribution in [3.05, 3.63) is 230 Å². The highest BCUT2D eigenvalue weighted by atomic mass is 16.3. The second-order valence-electron chi connectivity index (χ2n) is 16.1. The molecule has 0 atom stereocenters. The van der Waals surface area contributed by atoms with Crippen LogP contribution < -0.4 is 4.90 Å². The lowest BCUT2D eigenvalue weighted by Gasteiger charge is -2.27. The van der Waals surface area contributed by atoms with Crippen LogP contribution in [0.2, 0.25) is 0 Å². The molecule has 0 aliphatic heterocycles. The molecule has 0 saturated carbocycles. The Hall–Kier alpha value is -7.94. The molecule has 1 heterocycles. The molecule has 0 radical (unpaired) electrons. The average molecular weight is 778 g/mol. The molecule has 1 aromatic heterocycles. The quantitative estimate of drug-likeness (QED) is 0.150. The standard InChI is InChI=1S/C59H39NO/c1-2-13-44-36-45(22-20-39(44)10-1)40-24-30-49(31-25-40)60(50-32-26-41(27-33-50)46-29-34-53-47(37-46)23-21-42-11-3-6-15-51(42)53)38-48-14-5-7-16-52(48)55-18-9-19-56-57-35-28-43-12-4-8-17-54(43)58(57)61-59(55)56/h1-37H,38H2. The molecular weight excluding hydrogens is 739 g/mol. The van der Waals surface area contributed by atoms with Gasteiger partial charge in [-0.2, -0.15) is 0 Å². The van der Waals surface area contributed by atoms with E-state index in [4.69, 9.17) is 4.42 Å². The summed E-state index contributed by atoms with van der Waals surface area (Å²) < 4.78 is 6.85. The van der Waals surface area contributed by atoms with Crippen LogP contribution in [0.4, 0.5) is 11.4 Å². The second kappa shape index (κ2) is 14.4. The van der Waals surface area contributed by atoms with E-state index in [1.807, 2.05) is 0 Å². The minimum absolute atomic E-state index is 0.660. The molecule has 12 rings (SSSR count). The van der Waals surface area contributed by atoms with E-state index in [0.717, 1.165) is 49.8 Å². The molecule has 0 amide bonds. The third-order valence-corrected chi connectivity index (χ3v) is 12.5. The van der Waals surface area contributed by atoms with Crippen molar-refractivity contribution in [1.82, 2.24) is 0 Å². The lowest BCUT2D eigenvalue weighted by Crippen LogP contribution is -2.17. The predicted molar refractivity (Wildman–Crippen MR) is 259 cm³/mol. The number of para-hydroxylation sites is 1. The number of hydrogen-bond donors (Lipinski definition) is 0. The summed E-state index contributed by atoms with van der Waals surface area (Å²) in [5.74, 6) is 0. The van der Waals surface area contributed by atoms with Crippen LogP contribution in [0.15, 0.2) is 229 Å². The van der Waals surface area contributed by atoms with Gasteiger partial charge in [-0.1, -0.05) is 182 Å². The SMILES string of the molecule is c1ccc(-c2cccc3c2oc2c4ccccc4ccc32)c(CN(c2ccc(-c3ccc4ccccc4c3)cc2)c2ccc(-c3ccc4c(ccc5ccccc54)c3)cc2)c1. The average Bonchev–Trinajstić information content (AvgIpc) is 3.73. The number of hydrogen-bond acceptors (Lipinski definition) is 2. The molecule has 11 aromatic carbocycles. The van der Waals surface area contributed by atoms with E-state index in [1.54, 1.807) is 0 Å². The first-order valence-electron chi connectivity index (χ1n) is 21.0. The second-order valence-corrected chi connectivity index (χ2v) is 16.1. The lowest BCUT2D eigenvalue weighted by molar-refractivity contribution is 0.673. The van der Waals surface area contributed by atoms with Gasteiger partial charge < -0.3 is 9.32 Å². The summed E-state index contributed by atoms with van der Waals surface area (Å²) in [6.07, 6.45) is 0. The van der Waals surface area contributed by atoms with Gasteiger partial charge in [0.2, 0.25) is 0 Å². The minimum Gasteiger partial charge on any atom is -0.455 e. The maximum Gasteiger partial charge on any atom is 0.143 e. The highest BCUT2D eigenvalue weighted by Gasteiger charge is 2.19. The largest absolute Gasteiger partial charge is 0.455 e. The van der Waals surface area contributed by atoms with E-state index in [9.17, 15) is 0 Å². The Labute approximate surface area is 354 Å². The Kier molecular flexibility index (Phi) is 8.28. The van der Waals surface area contributed by atoms with E-state index >= 15 is 0 Å². The molecule has 286 valence electrons. The third kappa shape index (κ3) is 6.12. The molecule has 0 saturated heterocycles. The van der Waals surface area contributed by atoms with Gasteiger partial charge in [0.15, 0.2) is 0 Å². The van der Waals surface area contributed by atoms with Gasteiger partial charge in [-0.05, 0) is 114 Å². The number of fused-ring (bicyclic) bond motifs is 9. The van der Waals surface area contributed by atoms with Crippen molar-refractivity contribution in [3.63, 3.8) is 0 Å². The molecular formula is C59H39NO. The van der Waals surface area contributed by atoms with Crippen LogP contribution >= 0.6 is 0 Å². The maximum absolute atomic E-state index is 6.85. The van der Waals surface area contributed by atoms with E-state index < -0.39 is 0 Å². The zero-order valence-electron chi connectivity index (χ0n) is 33.4. The van der Waals surface area contributed by atoms with Crippen molar-refractivity contribution in [3.8, 4) is 33.4 Å². The molecule has 0 bridgehead atoms. The van der Waals surface area contributed by atoms with E-state index in [-0.39, 0.29) is 0 Å². The van der Waals surface area contributed by atoms with E-state index in [2.05, 4.69) is 229 Å². The summed E-state index contributed by atoms with van der Waals surface area (Å²) in [6.45, 7) is 0.660. The normalized spacial score (nSPS) is 11.7. The predicted octanol–water partition coefficient (Wildman–Crippen LogP) is 16.5. The molecule has 0 N–H and O–H groups in total. The summed E-state index contributed by atoms with van der Waals surface area (Å²) in [5, 5.41) is 12.2. The summed E-state index contributed by atoms with van der Waals surface area (Å²) in [5.41, 5.74) is 12.4. The highest BCUT2D eigenvalue weighted by Crippen LogP contribution is 2.41. The summed E-state index contributed by atoms with van der Waals surface area (Å²) in [7, 11) is 0. The topological polar surface area (TPSA) is 16.4 Å². The third-order valence-electron chi connectivity index (χ3n) is 12.5. The number of nitrogens with zero attached hydrogens (tertiary/aromatic N) is 1. The zero-order chi connectivity index (χ0) is 40.3. The zero-order valence-corrected chi connectivity index (χ0v) is 33.4. The Balaban J connectivity index is 0.949. The van der Waals surface area contributed by atoms with Crippen LogP contribution in [0.3, 0.4) is 0 Å². The fourth-order valence-electron chi connectivity index (χ4n) is 9.39. The Morgan fingerprint density at radius 3 is 1.54 bits per heavy atom. The molecule has 12 aromatic rings. The smallest absolute Gasteiger partial charge is 0.143 e. The van der Waals surface area contributed by atoms with Gasteiger partial charge >= 0.3 is 0 Å². The van der Waals surface area contributed by atoms with Gasteiger partial charge in [0.1, 0.15) is 11.2 Å².